The molecule has 2 N–H and O–H groups in total. The van der Waals surface area contributed by atoms with E-state index < -0.39 is 27.0 Å². The van der Waals surface area contributed by atoms with Crippen molar-refractivity contribution in [2.24, 2.45) is 5.92 Å². The molecule has 8 heteroatoms. The summed E-state index contributed by atoms with van der Waals surface area (Å²) < 4.78 is 23.4. The van der Waals surface area contributed by atoms with Gasteiger partial charge in [-0.05, 0) is 32.6 Å². The summed E-state index contributed by atoms with van der Waals surface area (Å²) in [7, 11) is -3.06. The summed E-state index contributed by atoms with van der Waals surface area (Å²) in [5, 5.41) is 11.2. The summed E-state index contributed by atoms with van der Waals surface area (Å²) in [4.78, 5) is 24.7. The van der Waals surface area contributed by atoms with E-state index in [4.69, 9.17) is 5.11 Å². The Morgan fingerprint density at radius 1 is 1.33 bits per heavy atom. The molecule has 2 aliphatic rings. The van der Waals surface area contributed by atoms with Crippen LogP contribution in [0.15, 0.2) is 0 Å². The highest BCUT2D eigenvalue weighted by Crippen LogP contribution is 2.23. The molecule has 0 saturated carbocycles. The average molecular weight is 318 g/mol. The van der Waals surface area contributed by atoms with Gasteiger partial charge in [0.25, 0.3) is 0 Å². The summed E-state index contributed by atoms with van der Waals surface area (Å²) in [6.45, 7) is 2.36. The quantitative estimate of drug-likeness (QED) is 0.786. The molecule has 3 atom stereocenters. The minimum atomic E-state index is -3.06. The molecular weight excluding hydrogens is 296 g/mol. The molecule has 0 aromatic heterocycles. The van der Waals surface area contributed by atoms with Crippen molar-refractivity contribution in [3.8, 4) is 0 Å². The second kappa shape index (κ2) is 6.21. The van der Waals surface area contributed by atoms with Crippen molar-refractivity contribution in [2.75, 3.05) is 18.8 Å². The molecular formula is C13H22N2O5S. The Kier molecular flexibility index (Phi) is 4.75. The number of carbonyl (C=O) groups is 2. The number of piperidine rings is 1. The van der Waals surface area contributed by atoms with Crippen LogP contribution >= 0.6 is 0 Å². The van der Waals surface area contributed by atoms with Crippen molar-refractivity contribution in [3.63, 3.8) is 0 Å². The van der Waals surface area contributed by atoms with Crippen LogP contribution in [0.5, 0.6) is 0 Å². The fraction of sp³-hybridized carbons (Fsp3) is 0.846. The Bertz CT molecular complexity index is 519. The number of likely N-dealkylation sites (tertiary alicyclic amines) is 1. The lowest BCUT2D eigenvalue weighted by Gasteiger charge is -2.36. The number of carboxylic acid groups (broad SMARTS) is 1. The van der Waals surface area contributed by atoms with E-state index in [1.807, 2.05) is 6.92 Å². The van der Waals surface area contributed by atoms with Gasteiger partial charge in [0, 0.05) is 19.1 Å². The number of carbonyl (C=O) groups excluding carboxylic acids is 1. The normalized spacial score (nSPS) is 31.9. The number of hydrogen-bond donors (Lipinski definition) is 2. The maximum Gasteiger partial charge on any atom is 0.317 e. The molecule has 2 saturated heterocycles. The zero-order valence-corrected chi connectivity index (χ0v) is 12.9. The first-order valence-corrected chi connectivity index (χ1v) is 9.01. The molecule has 0 aromatic carbocycles. The molecule has 2 amide bonds. The predicted molar refractivity (Wildman–Crippen MR) is 76.7 cm³/mol. The van der Waals surface area contributed by atoms with E-state index >= 15 is 0 Å². The lowest BCUT2D eigenvalue weighted by atomic mass is 9.92. The van der Waals surface area contributed by atoms with E-state index in [0.717, 1.165) is 0 Å². The van der Waals surface area contributed by atoms with E-state index in [9.17, 15) is 18.0 Å². The van der Waals surface area contributed by atoms with Crippen LogP contribution < -0.4 is 5.32 Å². The zero-order chi connectivity index (χ0) is 15.6. The molecule has 21 heavy (non-hydrogen) atoms. The largest absolute Gasteiger partial charge is 0.481 e. The summed E-state index contributed by atoms with van der Waals surface area (Å²) in [6.07, 6.45) is 2.13. The third-order valence-corrected chi connectivity index (χ3v) is 6.71. The number of nitrogens with one attached hydrogen (secondary N) is 1. The Morgan fingerprint density at radius 2 is 2.05 bits per heavy atom. The van der Waals surface area contributed by atoms with Gasteiger partial charge in [-0.3, -0.25) is 4.79 Å². The van der Waals surface area contributed by atoms with Crippen molar-refractivity contribution in [1.82, 2.24) is 10.2 Å². The fourth-order valence-corrected chi connectivity index (χ4v) is 4.85. The molecule has 2 rings (SSSR count). The molecule has 2 fully saturated rings. The van der Waals surface area contributed by atoms with Gasteiger partial charge in [0.1, 0.15) is 0 Å². The van der Waals surface area contributed by atoms with Crippen LogP contribution in [-0.2, 0) is 14.6 Å². The highest BCUT2D eigenvalue weighted by Gasteiger charge is 2.34. The van der Waals surface area contributed by atoms with Gasteiger partial charge in [0.15, 0.2) is 9.84 Å². The molecule has 0 radical (unpaired) electrons. The number of amides is 2. The third-order valence-electron chi connectivity index (χ3n) is 4.43. The summed E-state index contributed by atoms with van der Waals surface area (Å²) >= 11 is 0. The van der Waals surface area contributed by atoms with Gasteiger partial charge >= 0.3 is 12.0 Å². The van der Waals surface area contributed by atoms with Gasteiger partial charge in [-0.1, -0.05) is 0 Å². The number of hydrogen-bond acceptors (Lipinski definition) is 4. The smallest absolute Gasteiger partial charge is 0.317 e. The van der Waals surface area contributed by atoms with Crippen LogP contribution in [0.25, 0.3) is 0 Å². The fourth-order valence-electron chi connectivity index (χ4n) is 3.09. The van der Waals surface area contributed by atoms with Crippen molar-refractivity contribution >= 4 is 21.8 Å². The van der Waals surface area contributed by atoms with Crippen molar-refractivity contribution in [1.29, 1.82) is 0 Å². The SMILES string of the molecule is CC1CC(C(=O)O)CCN1C(=O)NCC1CCCS1(=O)=O. The minimum Gasteiger partial charge on any atom is -0.481 e. The van der Waals surface area contributed by atoms with Gasteiger partial charge in [-0.2, -0.15) is 0 Å². The second-order valence-electron chi connectivity index (χ2n) is 5.92. The highest BCUT2D eigenvalue weighted by atomic mass is 32.2. The maximum atomic E-state index is 12.1. The summed E-state index contributed by atoms with van der Waals surface area (Å²) in [5.74, 6) is -1.02. The van der Waals surface area contributed by atoms with Crippen LogP contribution in [0.2, 0.25) is 0 Å². The summed E-state index contributed by atoms with van der Waals surface area (Å²) in [6, 6.07) is -0.450. The molecule has 7 nitrogen and oxygen atoms in total. The van der Waals surface area contributed by atoms with Crippen LogP contribution in [0, 0.1) is 5.92 Å². The number of nitrogens with zero attached hydrogens (tertiary/aromatic N) is 1. The molecule has 120 valence electrons. The van der Waals surface area contributed by atoms with Gasteiger partial charge in [-0.15, -0.1) is 0 Å². The topological polar surface area (TPSA) is 104 Å². The summed E-state index contributed by atoms with van der Waals surface area (Å²) in [5.41, 5.74) is 0. The minimum absolute atomic E-state index is 0.146. The molecule has 2 heterocycles. The Hall–Kier alpha value is -1.31. The van der Waals surface area contributed by atoms with Gasteiger partial charge in [-0.25, -0.2) is 13.2 Å². The molecule has 0 spiro atoms. The van der Waals surface area contributed by atoms with Crippen molar-refractivity contribution in [3.05, 3.63) is 0 Å². The number of urea groups is 1. The first-order chi connectivity index (χ1) is 9.81. The Labute approximate surface area is 124 Å². The van der Waals surface area contributed by atoms with E-state index in [1.54, 1.807) is 4.90 Å². The number of sulfone groups is 1. The molecule has 0 aliphatic carbocycles. The van der Waals surface area contributed by atoms with Gasteiger partial charge in [0.05, 0.1) is 16.9 Å². The van der Waals surface area contributed by atoms with E-state index in [2.05, 4.69) is 5.32 Å². The number of carboxylic acids is 1. The molecule has 0 aromatic rings. The van der Waals surface area contributed by atoms with E-state index in [1.165, 1.54) is 0 Å². The lowest BCUT2D eigenvalue weighted by Crippen LogP contribution is -2.51. The predicted octanol–water partition coefficient (Wildman–Crippen LogP) is 0.458. The lowest BCUT2D eigenvalue weighted by molar-refractivity contribution is -0.143. The molecule has 0 bridgehead atoms. The second-order valence-corrected chi connectivity index (χ2v) is 8.32. The van der Waals surface area contributed by atoms with Crippen LogP contribution in [0.1, 0.15) is 32.6 Å². The average Bonchev–Trinajstić information content (AvgIpc) is 2.74. The highest BCUT2D eigenvalue weighted by molar-refractivity contribution is 7.92. The maximum absolute atomic E-state index is 12.1. The van der Waals surface area contributed by atoms with Crippen LogP contribution in [-0.4, -0.2) is 60.6 Å². The Balaban J connectivity index is 1.85. The van der Waals surface area contributed by atoms with E-state index in [0.29, 0.717) is 32.2 Å². The molecule has 3 unspecified atom stereocenters. The van der Waals surface area contributed by atoms with E-state index in [-0.39, 0.29) is 24.4 Å². The zero-order valence-electron chi connectivity index (χ0n) is 12.1. The first kappa shape index (κ1) is 16.1. The number of rotatable bonds is 3. The molecule has 2 aliphatic heterocycles. The Morgan fingerprint density at radius 3 is 2.57 bits per heavy atom. The van der Waals surface area contributed by atoms with Crippen LogP contribution in [0.4, 0.5) is 4.79 Å². The van der Waals surface area contributed by atoms with Crippen molar-refractivity contribution < 1.29 is 23.1 Å². The van der Waals surface area contributed by atoms with Crippen molar-refractivity contribution in [2.45, 2.75) is 43.9 Å². The first-order valence-electron chi connectivity index (χ1n) is 7.30. The third kappa shape index (κ3) is 3.66. The number of aliphatic carboxylic acids is 1. The van der Waals surface area contributed by atoms with Gasteiger partial charge < -0.3 is 15.3 Å². The van der Waals surface area contributed by atoms with Gasteiger partial charge in [0.2, 0.25) is 0 Å². The monoisotopic (exact) mass is 318 g/mol. The van der Waals surface area contributed by atoms with Crippen LogP contribution in [0.3, 0.4) is 0 Å². The standard InChI is InChI=1S/C13H22N2O5S/c1-9-7-10(12(16)17)4-5-15(9)13(18)14-8-11-3-2-6-21(11,19)20/h9-11H,2-8H2,1H3,(H,14,18)(H,16,17).